The zero-order valence-electron chi connectivity index (χ0n) is 11.6. The minimum absolute atomic E-state index is 0.205. The van der Waals surface area contributed by atoms with Crippen LogP contribution in [0.5, 0.6) is 0 Å². The molecular weight excluding hydrogens is 326 g/mol. The van der Waals surface area contributed by atoms with Gasteiger partial charge < -0.3 is 0 Å². The van der Waals surface area contributed by atoms with Gasteiger partial charge in [-0.1, -0.05) is 29.8 Å². The van der Waals surface area contributed by atoms with Gasteiger partial charge in [-0.2, -0.15) is 4.31 Å². The monoisotopic (exact) mass is 345 g/mol. The number of sulfonamides is 1. The molecule has 1 saturated carbocycles. The molecular formula is C14H20BrNO2S. The summed E-state index contributed by atoms with van der Waals surface area (Å²) in [6, 6.07) is 5.44. The number of benzene rings is 1. The van der Waals surface area contributed by atoms with Gasteiger partial charge in [0.15, 0.2) is 0 Å². The molecule has 0 radical (unpaired) electrons. The third-order valence-corrected chi connectivity index (χ3v) is 6.04. The van der Waals surface area contributed by atoms with Crippen molar-refractivity contribution in [2.75, 3.05) is 6.54 Å². The minimum atomic E-state index is -3.36. The maximum Gasteiger partial charge on any atom is 0.243 e. The van der Waals surface area contributed by atoms with Gasteiger partial charge in [0.2, 0.25) is 10.0 Å². The molecule has 1 aliphatic carbocycles. The van der Waals surface area contributed by atoms with Gasteiger partial charge in [-0.3, -0.25) is 0 Å². The Balaban J connectivity index is 2.35. The summed E-state index contributed by atoms with van der Waals surface area (Å²) in [7, 11) is -3.36. The van der Waals surface area contributed by atoms with Crippen LogP contribution in [0.3, 0.4) is 0 Å². The quantitative estimate of drug-likeness (QED) is 0.817. The Morgan fingerprint density at radius 3 is 2.47 bits per heavy atom. The second kappa shape index (κ2) is 5.54. The van der Waals surface area contributed by atoms with E-state index >= 15 is 0 Å². The molecule has 0 unspecified atom stereocenters. The fourth-order valence-electron chi connectivity index (χ4n) is 2.08. The second-order valence-corrected chi connectivity index (χ2v) is 8.36. The third kappa shape index (κ3) is 3.38. The predicted octanol–water partition coefficient (Wildman–Crippen LogP) is 3.57. The van der Waals surface area contributed by atoms with E-state index in [9.17, 15) is 8.42 Å². The first-order valence-electron chi connectivity index (χ1n) is 6.60. The molecule has 106 valence electrons. The molecule has 1 aromatic carbocycles. The summed E-state index contributed by atoms with van der Waals surface area (Å²) in [5.41, 5.74) is 0.946. The van der Waals surface area contributed by atoms with Crippen molar-refractivity contribution in [3.05, 3.63) is 28.2 Å². The minimum Gasteiger partial charge on any atom is -0.207 e. The van der Waals surface area contributed by atoms with Crippen LogP contribution in [-0.2, 0) is 10.0 Å². The molecule has 0 spiro atoms. The van der Waals surface area contributed by atoms with Crippen LogP contribution >= 0.6 is 15.9 Å². The van der Waals surface area contributed by atoms with E-state index in [4.69, 9.17) is 0 Å². The molecule has 0 N–H and O–H groups in total. The van der Waals surface area contributed by atoms with Crippen molar-refractivity contribution in [3.8, 4) is 0 Å². The average molecular weight is 346 g/mol. The van der Waals surface area contributed by atoms with E-state index < -0.39 is 10.0 Å². The molecule has 2 rings (SSSR count). The van der Waals surface area contributed by atoms with Crippen LogP contribution in [0.25, 0.3) is 0 Å². The van der Waals surface area contributed by atoms with Crippen molar-refractivity contribution in [1.82, 2.24) is 4.31 Å². The fraction of sp³-hybridized carbons (Fsp3) is 0.571. The maximum atomic E-state index is 12.7. The molecule has 1 fully saturated rings. The summed E-state index contributed by atoms with van der Waals surface area (Å²) < 4.78 is 28.1. The Hall–Kier alpha value is -0.390. The normalized spacial score (nSPS) is 16.3. The van der Waals surface area contributed by atoms with Gasteiger partial charge in [-0.15, -0.1) is 0 Å². The molecule has 1 aliphatic rings. The topological polar surface area (TPSA) is 37.4 Å². The first kappa shape index (κ1) is 15.0. The highest BCUT2D eigenvalue weighted by Gasteiger charge is 2.38. The Bertz CT molecular complexity index is 565. The van der Waals surface area contributed by atoms with Crippen molar-refractivity contribution in [3.63, 3.8) is 0 Å². The van der Waals surface area contributed by atoms with Gasteiger partial charge in [0.05, 0.1) is 4.90 Å². The van der Waals surface area contributed by atoms with Crippen molar-refractivity contribution in [2.45, 2.75) is 44.6 Å². The zero-order chi connectivity index (χ0) is 14.2. The van der Waals surface area contributed by atoms with E-state index in [1.165, 1.54) is 0 Å². The van der Waals surface area contributed by atoms with Crippen LogP contribution in [0.4, 0.5) is 0 Å². The molecule has 3 nitrogen and oxygen atoms in total. The van der Waals surface area contributed by atoms with Gasteiger partial charge in [0.1, 0.15) is 0 Å². The molecule has 0 amide bonds. The lowest BCUT2D eigenvalue weighted by molar-refractivity contribution is 0.360. The van der Waals surface area contributed by atoms with Crippen LogP contribution in [0.15, 0.2) is 27.6 Å². The molecule has 0 aromatic heterocycles. The molecule has 1 aromatic rings. The molecule has 0 aliphatic heterocycles. The Labute approximate surface area is 124 Å². The van der Waals surface area contributed by atoms with Crippen LogP contribution in [-0.4, -0.2) is 25.3 Å². The van der Waals surface area contributed by atoms with Crippen molar-refractivity contribution < 1.29 is 8.42 Å². The number of aryl methyl sites for hydroxylation is 1. The summed E-state index contributed by atoms with van der Waals surface area (Å²) in [6.45, 7) is 6.62. The fourth-order valence-corrected chi connectivity index (χ4v) is 4.26. The summed E-state index contributed by atoms with van der Waals surface area (Å²) in [6.07, 6.45) is 1.98. The number of rotatable bonds is 5. The first-order valence-corrected chi connectivity index (χ1v) is 8.83. The highest BCUT2D eigenvalue weighted by molar-refractivity contribution is 9.10. The smallest absolute Gasteiger partial charge is 0.207 e. The lowest BCUT2D eigenvalue weighted by Crippen LogP contribution is -2.36. The summed E-state index contributed by atoms with van der Waals surface area (Å²) in [4.78, 5) is 0.403. The number of halogens is 1. The largest absolute Gasteiger partial charge is 0.243 e. The number of hydrogen-bond acceptors (Lipinski definition) is 2. The Morgan fingerprint density at radius 1 is 1.37 bits per heavy atom. The summed E-state index contributed by atoms with van der Waals surface area (Å²) >= 11 is 3.41. The van der Waals surface area contributed by atoms with Crippen LogP contribution < -0.4 is 0 Å². The molecule has 0 saturated heterocycles. The summed E-state index contributed by atoms with van der Waals surface area (Å²) in [5, 5.41) is 0. The first-order chi connectivity index (χ1) is 8.82. The number of nitrogens with zero attached hydrogens (tertiary/aromatic N) is 1. The molecule has 0 bridgehead atoms. The van der Waals surface area contributed by atoms with Gasteiger partial charge in [0.25, 0.3) is 0 Å². The highest BCUT2D eigenvalue weighted by atomic mass is 79.9. The standard InChI is InChI=1S/C14H20BrNO2S/c1-10(2)9-16(12-4-5-12)19(17,18)13-6-7-14(15)11(3)8-13/h6-8,10,12H,4-5,9H2,1-3H3. The van der Waals surface area contributed by atoms with Crippen molar-refractivity contribution >= 4 is 26.0 Å². The van der Waals surface area contributed by atoms with E-state index in [1.807, 2.05) is 13.0 Å². The van der Waals surface area contributed by atoms with E-state index in [0.717, 1.165) is 22.9 Å². The zero-order valence-corrected chi connectivity index (χ0v) is 14.0. The van der Waals surface area contributed by atoms with Gasteiger partial charge >= 0.3 is 0 Å². The highest BCUT2D eigenvalue weighted by Crippen LogP contribution is 2.33. The predicted molar refractivity (Wildman–Crippen MR) is 80.6 cm³/mol. The lowest BCUT2D eigenvalue weighted by Gasteiger charge is -2.24. The van der Waals surface area contributed by atoms with Crippen molar-refractivity contribution in [2.24, 2.45) is 5.92 Å². The van der Waals surface area contributed by atoms with E-state index in [2.05, 4.69) is 29.8 Å². The molecule has 5 heteroatoms. The van der Waals surface area contributed by atoms with Gasteiger partial charge in [-0.05, 0) is 49.4 Å². The van der Waals surface area contributed by atoms with Crippen LogP contribution in [0, 0.1) is 12.8 Å². The summed E-state index contributed by atoms with van der Waals surface area (Å²) in [5.74, 6) is 0.340. The SMILES string of the molecule is Cc1cc(S(=O)(=O)N(CC(C)C)C2CC2)ccc1Br. The van der Waals surface area contributed by atoms with E-state index in [1.54, 1.807) is 16.4 Å². The molecule has 0 atom stereocenters. The van der Waals surface area contributed by atoms with Crippen molar-refractivity contribution in [1.29, 1.82) is 0 Å². The average Bonchev–Trinajstić information content (AvgIpc) is 3.13. The lowest BCUT2D eigenvalue weighted by atomic mass is 10.2. The van der Waals surface area contributed by atoms with Crippen LogP contribution in [0.2, 0.25) is 0 Å². The third-order valence-electron chi connectivity index (χ3n) is 3.24. The molecule has 0 heterocycles. The Morgan fingerprint density at radius 2 is 2.00 bits per heavy atom. The Kier molecular flexibility index (Phi) is 4.38. The van der Waals surface area contributed by atoms with E-state index in [0.29, 0.717) is 17.4 Å². The number of hydrogen-bond donors (Lipinski definition) is 0. The second-order valence-electron chi connectivity index (χ2n) is 5.61. The maximum absolute atomic E-state index is 12.7. The molecule has 19 heavy (non-hydrogen) atoms. The van der Waals surface area contributed by atoms with E-state index in [-0.39, 0.29) is 6.04 Å². The van der Waals surface area contributed by atoms with Gasteiger partial charge in [0, 0.05) is 17.1 Å². The van der Waals surface area contributed by atoms with Crippen LogP contribution in [0.1, 0.15) is 32.3 Å². The van der Waals surface area contributed by atoms with Gasteiger partial charge in [-0.25, -0.2) is 8.42 Å².